The molecule has 1 atom stereocenters. The van der Waals surface area contributed by atoms with Crippen molar-refractivity contribution in [1.29, 1.82) is 0 Å². The highest BCUT2D eigenvalue weighted by Crippen LogP contribution is 2.44. The van der Waals surface area contributed by atoms with E-state index in [1.807, 2.05) is 32.0 Å². The van der Waals surface area contributed by atoms with Gasteiger partial charge in [-0.25, -0.2) is 0 Å². The first-order chi connectivity index (χ1) is 18.0. The Morgan fingerprint density at radius 3 is 2.62 bits per heavy atom. The van der Waals surface area contributed by atoms with Gasteiger partial charge in [0, 0.05) is 4.47 Å². The van der Waals surface area contributed by atoms with E-state index in [-0.39, 0.29) is 16.8 Å². The summed E-state index contributed by atoms with van der Waals surface area (Å²) in [5.41, 5.74) is 1.04. The monoisotopic (exact) mass is 583 g/mol. The van der Waals surface area contributed by atoms with Crippen LogP contribution in [0.5, 0.6) is 11.5 Å². The van der Waals surface area contributed by atoms with E-state index in [9.17, 15) is 9.59 Å². The molecule has 2 aromatic heterocycles. The largest absolute Gasteiger partial charge is 0.490 e. The van der Waals surface area contributed by atoms with E-state index in [2.05, 4.69) is 33.1 Å². The van der Waals surface area contributed by atoms with E-state index in [0.717, 1.165) is 22.3 Å². The van der Waals surface area contributed by atoms with Crippen LogP contribution in [0.2, 0.25) is 0 Å². The summed E-state index contributed by atoms with van der Waals surface area (Å²) >= 11 is 4.76. The fourth-order valence-electron chi connectivity index (χ4n) is 4.35. The molecule has 8 nitrogen and oxygen atoms in total. The molecule has 0 saturated heterocycles. The summed E-state index contributed by atoms with van der Waals surface area (Å²) in [7, 11) is 0. The molecule has 2 aromatic carbocycles. The molecule has 1 aliphatic rings. The lowest BCUT2D eigenvalue weighted by Gasteiger charge is -2.23. The van der Waals surface area contributed by atoms with Crippen LogP contribution in [0.4, 0.5) is 5.13 Å². The number of hydrogen-bond donors (Lipinski definition) is 0. The number of halogens is 1. The predicted molar refractivity (Wildman–Crippen MR) is 146 cm³/mol. The molecule has 3 heterocycles. The average molecular weight is 584 g/mol. The highest BCUT2D eigenvalue weighted by molar-refractivity contribution is 9.10. The molecular weight excluding hydrogens is 558 g/mol. The number of hydrogen-bond acceptors (Lipinski definition) is 8. The molecule has 0 bridgehead atoms. The zero-order valence-corrected chi connectivity index (χ0v) is 23.1. The number of aryl methyl sites for hydroxylation is 1. The number of ether oxygens (including phenoxy) is 2. The Bertz CT molecular complexity index is 1530. The number of carbonyl (C=O) groups is 1. The molecular formula is C27H26BrN3O5S. The third-order valence-corrected chi connectivity index (χ3v) is 7.70. The molecule has 4 aromatic rings. The zero-order chi connectivity index (χ0) is 26.1. The number of amides is 1. The Labute approximate surface area is 226 Å². The molecule has 0 N–H and O–H groups in total. The topological polar surface area (TPSA) is 94.8 Å². The summed E-state index contributed by atoms with van der Waals surface area (Å²) in [4.78, 5) is 29.1. The van der Waals surface area contributed by atoms with Gasteiger partial charge >= 0.3 is 0 Å². The van der Waals surface area contributed by atoms with Gasteiger partial charge in [-0.05, 0) is 55.7 Å². The van der Waals surface area contributed by atoms with Crippen molar-refractivity contribution < 1.29 is 18.7 Å². The Morgan fingerprint density at radius 2 is 1.89 bits per heavy atom. The van der Waals surface area contributed by atoms with Gasteiger partial charge in [-0.3, -0.25) is 14.5 Å². The number of benzene rings is 2. The average Bonchev–Trinajstić information content (AvgIpc) is 3.48. The minimum absolute atomic E-state index is 0.0132. The third-order valence-electron chi connectivity index (χ3n) is 6.14. The predicted octanol–water partition coefficient (Wildman–Crippen LogP) is 6.30. The molecule has 1 aliphatic heterocycles. The van der Waals surface area contributed by atoms with Gasteiger partial charge in [-0.15, -0.1) is 10.2 Å². The summed E-state index contributed by atoms with van der Waals surface area (Å²) in [6.45, 7) is 6.99. The van der Waals surface area contributed by atoms with Gasteiger partial charge in [-0.1, -0.05) is 53.6 Å². The number of unbranched alkanes of at least 4 members (excludes halogenated alkanes) is 1. The van der Waals surface area contributed by atoms with Crippen molar-refractivity contribution in [3.63, 3.8) is 0 Å². The first-order valence-electron chi connectivity index (χ1n) is 12.3. The minimum atomic E-state index is -0.760. The van der Waals surface area contributed by atoms with Gasteiger partial charge in [0.15, 0.2) is 16.9 Å². The number of nitrogens with zero attached hydrogens (tertiary/aromatic N) is 3. The van der Waals surface area contributed by atoms with E-state index in [1.54, 1.807) is 18.2 Å². The summed E-state index contributed by atoms with van der Waals surface area (Å²) in [5.74, 6) is 0.756. The Kier molecular flexibility index (Phi) is 7.30. The van der Waals surface area contributed by atoms with Crippen LogP contribution < -0.4 is 19.8 Å². The highest BCUT2D eigenvalue weighted by Gasteiger charge is 2.45. The molecule has 192 valence electrons. The Balaban J connectivity index is 1.71. The van der Waals surface area contributed by atoms with Crippen LogP contribution in [-0.2, 0) is 6.42 Å². The number of rotatable bonds is 9. The quantitative estimate of drug-likeness (QED) is 0.213. The van der Waals surface area contributed by atoms with Crippen LogP contribution in [0.15, 0.2) is 50.1 Å². The molecule has 0 aliphatic carbocycles. The highest BCUT2D eigenvalue weighted by atomic mass is 79.9. The molecule has 5 rings (SSSR count). The summed E-state index contributed by atoms with van der Waals surface area (Å²) < 4.78 is 18.6. The Morgan fingerprint density at radius 1 is 1.05 bits per heavy atom. The lowest BCUT2D eigenvalue weighted by atomic mass is 9.98. The smallest absolute Gasteiger partial charge is 0.297 e. The second kappa shape index (κ2) is 10.6. The van der Waals surface area contributed by atoms with Crippen molar-refractivity contribution in [2.24, 2.45) is 0 Å². The van der Waals surface area contributed by atoms with Crippen LogP contribution in [-0.4, -0.2) is 29.3 Å². The number of carbonyl (C=O) groups excluding carboxylic acids is 1. The van der Waals surface area contributed by atoms with Crippen molar-refractivity contribution in [2.75, 3.05) is 18.1 Å². The van der Waals surface area contributed by atoms with Crippen LogP contribution in [0.25, 0.3) is 11.0 Å². The summed E-state index contributed by atoms with van der Waals surface area (Å²) in [5, 5.41) is 10.1. The van der Waals surface area contributed by atoms with Gasteiger partial charge in [-0.2, -0.15) is 0 Å². The maximum absolute atomic E-state index is 13.8. The standard InChI is InChI=1S/C27H26BrN3O5S/c1-4-7-12-35-19-10-8-15(13-20(19)34-6-3)23-22-24(32)17-14-16(28)9-11-18(17)36-25(22)26(33)31(23)27-30-29-21(5-2)37-27/h8-11,13-14,23H,4-7,12H2,1-3H3. The normalized spacial score (nSPS) is 14.9. The van der Waals surface area contributed by atoms with Gasteiger partial charge < -0.3 is 13.9 Å². The van der Waals surface area contributed by atoms with Crippen molar-refractivity contribution in [2.45, 2.75) is 46.1 Å². The molecule has 0 spiro atoms. The molecule has 0 radical (unpaired) electrons. The van der Waals surface area contributed by atoms with Gasteiger partial charge in [0.05, 0.1) is 30.2 Å². The van der Waals surface area contributed by atoms with Crippen LogP contribution >= 0.6 is 27.3 Å². The fraction of sp³-hybridized carbons (Fsp3) is 0.333. The maximum atomic E-state index is 13.8. The van der Waals surface area contributed by atoms with Crippen molar-refractivity contribution in [3.8, 4) is 11.5 Å². The molecule has 10 heteroatoms. The number of aromatic nitrogens is 2. The number of fused-ring (bicyclic) bond motifs is 2. The van der Waals surface area contributed by atoms with Crippen LogP contribution in [0.1, 0.15) is 66.3 Å². The van der Waals surface area contributed by atoms with Crippen molar-refractivity contribution in [1.82, 2.24) is 10.2 Å². The van der Waals surface area contributed by atoms with Crippen LogP contribution in [0, 0.1) is 0 Å². The molecule has 37 heavy (non-hydrogen) atoms. The third kappa shape index (κ3) is 4.64. The van der Waals surface area contributed by atoms with Crippen molar-refractivity contribution in [3.05, 3.63) is 73.0 Å². The first kappa shape index (κ1) is 25.4. The SMILES string of the molecule is CCCCOc1ccc(C2c3c(oc4ccc(Br)cc4c3=O)C(=O)N2c2nnc(CC)s2)cc1OCC. The van der Waals surface area contributed by atoms with Gasteiger partial charge in [0.2, 0.25) is 10.9 Å². The summed E-state index contributed by atoms with van der Waals surface area (Å²) in [6.07, 6.45) is 2.62. The maximum Gasteiger partial charge on any atom is 0.297 e. The summed E-state index contributed by atoms with van der Waals surface area (Å²) in [6, 6.07) is 9.92. The van der Waals surface area contributed by atoms with Crippen molar-refractivity contribution >= 4 is 49.3 Å². The fourth-order valence-corrected chi connectivity index (χ4v) is 5.52. The lowest BCUT2D eigenvalue weighted by molar-refractivity contribution is 0.0970. The number of anilines is 1. The second-order valence-electron chi connectivity index (χ2n) is 8.57. The lowest BCUT2D eigenvalue weighted by Crippen LogP contribution is -2.29. The van der Waals surface area contributed by atoms with E-state index in [4.69, 9.17) is 13.9 Å². The van der Waals surface area contributed by atoms with E-state index in [1.165, 1.54) is 16.2 Å². The van der Waals surface area contributed by atoms with Crippen LogP contribution in [0.3, 0.4) is 0 Å². The minimum Gasteiger partial charge on any atom is -0.490 e. The van der Waals surface area contributed by atoms with Gasteiger partial charge in [0.1, 0.15) is 10.6 Å². The molecule has 0 fully saturated rings. The van der Waals surface area contributed by atoms with E-state index < -0.39 is 11.9 Å². The van der Waals surface area contributed by atoms with E-state index in [0.29, 0.717) is 52.8 Å². The van der Waals surface area contributed by atoms with E-state index >= 15 is 0 Å². The first-order valence-corrected chi connectivity index (χ1v) is 13.9. The molecule has 0 saturated carbocycles. The molecule has 1 amide bonds. The zero-order valence-electron chi connectivity index (χ0n) is 20.7. The van der Waals surface area contributed by atoms with Gasteiger partial charge in [0.25, 0.3) is 5.91 Å². The second-order valence-corrected chi connectivity index (χ2v) is 10.5. The Hall–Kier alpha value is -3.24. The molecule has 1 unspecified atom stereocenters.